The SMILES string of the molecule is O=C(O)CC[C@H](NC(=O)CCCCCCC/C=C\C/C=C\CCCCCO)C(=O)O. The summed E-state index contributed by atoms with van der Waals surface area (Å²) in [6.45, 7) is 0.283. The highest BCUT2D eigenvalue weighted by atomic mass is 16.4. The number of hydrogen-bond donors (Lipinski definition) is 4. The summed E-state index contributed by atoms with van der Waals surface area (Å²) in [7, 11) is 0. The first-order valence-electron chi connectivity index (χ1n) is 11.1. The number of aliphatic hydroxyl groups excluding tert-OH is 1. The predicted molar refractivity (Wildman–Crippen MR) is 117 cm³/mol. The average molecular weight is 426 g/mol. The summed E-state index contributed by atoms with van der Waals surface area (Å²) in [5.41, 5.74) is 0. The molecule has 172 valence electrons. The smallest absolute Gasteiger partial charge is 0.326 e. The van der Waals surface area contributed by atoms with E-state index in [2.05, 4.69) is 29.6 Å². The maximum Gasteiger partial charge on any atom is 0.326 e. The van der Waals surface area contributed by atoms with Crippen LogP contribution < -0.4 is 5.32 Å². The molecule has 0 saturated heterocycles. The first-order valence-corrected chi connectivity index (χ1v) is 11.1. The van der Waals surface area contributed by atoms with E-state index in [0.29, 0.717) is 6.42 Å². The molecule has 0 aromatic rings. The molecule has 7 heteroatoms. The summed E-state index contributed by atoms with van der Waals surface area (Å²) in [5.74, 6) is -2.62. The molecule has 0 aliphatic carbocycles. The van der Waals surface area contributed by atoms with Crippen LogP contribution in [0.15, 0.2) is 24.3 Å². The second-order valence-corrected chi connectivity index (χ2v) is 7.45. The lowest BCUT2D eigenvalue weighted by molar-refractivity contribution is -0.143. The third kappa shape index (κ3) is 19.2. The second kappa shape index (κ2) is 20.1. The Balaban J connectivity index is 3.59. The number of hydrogen-bond acceptors (Lipinski definition) is 4. The molecule has 0 heterocycles. The van der Waals surface area contributed by atoms with Crippen LogP contribution in [-0.4, -0.2) is 45.8 Å². The Bertz CT molecular complexity index is 530. The second-order valence-electron chi connectivity index (χ2n) is 7.45. The number of carboxylic acid groups (broad SMARTS) is 2. The van der Waals surface area contributed by atoms with Gasteiger partial charge in [-0.05, 0) is 51.4 Å². The van der Waals surface area contributed by atoms with Crippen molar-refractivity contribution in [1.82, 2.24) is 5.32 Å². The van der Waals surface area contributed by atoms with Gasteiger partial charge in [0.15, 0.2) is 0 Å². The Morgan fingerprint density at radius 1 is 0.733 bits per heavy atom. The number of nitrogens with one attached hydrogen (secondary N) is 1. The number of carbonyl (C=O) groups excluding carboxylic acids is 1. The summed E-state index contributed by atoms with van der Waals surface area (Å²) >= 11 is 0. The molecule has 4 N–H and O–H groups in total. The van der Waals surface area contributed by atoms with Gasteiger partial charge in [-0.3, -0.25) is 9.59 Å². The molecule has 0 spiro atoms. The summed E-state index contributed by atoms with van der Waals surface area (Å²) in [6.07, 6.45) is 19.7. The minimum Gasteiger partial charge on any atom is -0.481 e. The molecule has 0 unspecified atom stereocenters. The first kappa shape index (κ1) is 27.8. The molecule has 0 bridgehead atoms. The lowest BCUT2D eigenvalue weighted by atomic mass is 10.1. The van der Waals surface area contributed by atoms with Crippen molar-refractivity contribution in [1.29, 1.82) is 0 Å². The van der Waals surface area contributed by atoms with Crippen LogP contribution >= 0.6 is 0 Å². The van der Waals surface area contributed by atoms with Crippen LogP contribution in [-0.2, 0) is 14.4 Å². The van der Waals surface area contributed by atoms with E-state index < -0.39 is 18.0 Å². The van der Waals surface area contributed by atoms with Gasteiger partial charge in [-0.1, -0.05) is 50.0 Å². The van der Waals surface area contributed by atoms with Crippen molar-refractivity contribution in [3.8, 4) is 0 Å². The molecule has 30 heavy (non-hydrogen) atoms. The van der Waals surface area contributed by atoms with Gasteiger partial charge in [0, 0.05) is 19.4 Å². The van der Waals surface area contributed by atoms with Gasteiger partial charge in [0.2, 0.25) is 5.91 Å². The van der Waals surface area contributed by atoms with E-state index in [1.807, 2.05) is 0 Å². The predicted octanol–water partition coefficient (Wildman–Crippen LogP) is 4.21. The van der Waals surface area contributed by atoms with E-state index in [1.165, 1.54) is 0 Å². The normalized spacial score (nSPS) is 12.4. The van der Waals surface area contributed by atoms with Crippen molar-refractivity contribution >= 4 is 17.8 Å². The zero-order valence-corrected chi connectivity index (χ0v) is 18.1. The largest absolute Gasteiger partial charge is 0.481 e. The fourth-order valence-corrected chi connectivity index (χ4v) is 2.93. The van der Waals surface area contributed by atoms with Gasteiger partial charge < -0.3 is 20.6 Å². The van der Waals surface area contributed by atoms with Crippen molar-refractivity contribution in [2.45, 2.75) is 95.9 Å². The van der Waals surface area contributed by atoms with Crippen LogP contribution in [0.25, 0.3) is 0 Å². The standard InChI is InChI=1S/C23H39NO6/c25-19-15-13-11-9-7-5-3-1-2-4-6-8-10-12-14-16-21(26)24-20(23(29)30)17-18-22(27)28/h1-2,5,7,20,25H,3-4,6,8-19H2,(H,24,26)(H,27,28)(H,29,30)/b2-1-,7-5-/t20-/m0/s1. The minimum atomic E-state index is -1.20. The van der Waals surface area contributed by atoms with Crippen LogP contribution in [0.3, 0.4) is 0 Å². The van der Waals surface area contributed by atoms with Crippen molar-refractivity contribution in [3.05, 3.63) is 24.3 Å². The molecule has 0 saturated carbocycles. The maximum atomic E-state index is 11.8. The van der Waals surface area contributed by atoms with Gasteiger partial charge in [-0.2, -0.15) is 0 Å². The Hall–Kier alpha value is -2.15. The number of rotatable bonds is 20. The van der Waals surface area contributed by atoms with Gasteiger partial charge >= 0.3 is 11.9 Å². The minimum absolute atomic E-state index is 0.107. The van der Waals surface area contributed by atoms with Crippen LogP contribution in [0.5, 0.6) is 0 Å². The quantitative estimate of drug-likeness (QED) is 0.171. The number of carboxylic acids is 2. The molecule has 7 nitrogen and oxygen atoms in total. The lowest BCUT2D eigenvalue weighted by Gasteiger charge is -2.13. The first-order chi connectivity index (χ1) is 14.5. The third-order valence-corrected chi connectivity index (χ3v) is 4.69. The van der Waals surface area contributed by atoms with E-state index in [9.17, 15) is 14.4 Å². The molecule has 0 rings (SSSR count). The average Bonchev–Trinajstić information content (AvgIpc) is 2.70. The molecule has 0 fully saturated rings. The lowest BCUT2D eigenvalue weighted by Crippen LogP contribution is -2.41. The van der Waals surface area contributed by atoms with Crippen molar-refractivity contribution < 1.29 is 29.7 Å². The van der Waals surface area contributed by atoms with Crippen molar-refractivity contribution in [2.24, 2.45) is 0 Å². The zero-order chi connectivity index (χ0) is 22.5. The third-order valence-electron chi connectivity index (χ3n) is 4.69. The monoisotopic (exact) mass is 425 g/mol. The summed E-state index contributed by atoms with van der Waals surface area (Å²) < 4.78 is 0. The number of aliphatic hydroxyl groups is 1. The van der Waals surface area contributed by atoms with Crippen LogP contribution in [0.2, 0.25) is 0 Å². The van der Waals surface area contributed by atoms with Crippen molar-refractivity contribution in [2.75, 3.05) is 6.61 Å². The van der Waals surface area contributed by atoms with E-state index in [-0.39, 0.29) is 31.8 Å². The summed E-state index contributed by atoms with van der Waals surface area (Å²) in [6, 6.07) is -1.14. The highest BCUT2D eigenvalue weighted by Crippen LogP contribution is 2.09. The molecule has 0 radical (unpaired) electrons. The van der Waals surface area contributed by atoms with E-state index in [1.54, 1.807) is 0 Å². The highest BCUT2D eigenvalue weighted by molar-refractivity contribution is 5.83. The maximum absolute atomic E-state index is 11.8. The fourth-order valence-electron chi connectivity index (χ4n) is 2.93. The van der Waals surface area contributed by atoms with Crippen LogP contribution in [0.4, 0.5) is 0 Å². The summed E-state index contributed by atoms with van der Waals surface area (Å²) in [5, 5.41) is 28.7. The topological polar surface area (TPSA) is 124 Å². The van der Waals surface area contributed by atoms with E-state index >= 15 is 0 Å². The zero-order valence-electron chi connectivity index (χ0n) is 18.1. The Labute approximate surface area is 180 Å². The van der Waals surface area contributed by atoms with Crippen LogP contribution in [0, 0.1) is 0 Å². The van der Waals surface area contributed by atoms with Gasteiger partial charge in [-0.25, -0.2) is 4.79 Å². The Morgan fingerprint density at radius 3 is 1.87 bits per heavy atom. The molecule has 0 aliphatic rings. The number of aliphatic carboxylic acids is 2. The molecular weight excluding hydrogens is 386 g/mol. The van der Waals surface area contributed by atoms with Gasteiger partial charge in [0.1, 0.15) is 6.04 Å². The molecule has 0 aromatic carbocycles. The Morgan fingerprint density at radius 2 is 1.30 bits per heavy atom. The molecule has 1 atom stereocenters. The number of unbranched alkanes of at least 4 members (excludes halogenated alkanes) is 8. The summed E-state index contributed by atoms with van der Waals surface area (Å²) in [4.78, 5) is 33.4. The molecular formula is C23H39NO6. The number of amides is 1. The van der Waals surface area contributed by atoms with Gasteiger partial charge in [0.25, 0.3) is 0 Å². The number of allylic oxidation sites excluding steroid dienone is 4. The number of carbonyl (C=O) groups is 3. The van der Waals surface area contributed by atoms with E-state index in [0.717, 1.165) is 64.2 Å². The van der Waals surface area contributed by atoms with Crippen LogP contribution in [0.1, 0.15) is 89.9 Å². The van der Waals surface area contributed by atoms with Crippen molar-refractivity contribution in [3.63, 3.8) is 0 Å². The highest BCUT2D eigenvalue weighted by Gasteiger charge is 2.20. The van der Waals surface area contributed by atoms with Gasteiger partial charge in [-0.15, -0.1) is 0 Å². The Kier molecular flexibility index (Phi) is 18.7. The molecule has 0 aliphatic heterocycles. The van der Waals surface area contributed by atoms with Gasteiger partial charge in [0.05, 0.1) is 0 Å². The fraction of sp³-hybridized carbons (Fsp3) is 0.696. The van der Waals surface area contributed by atoms with E-state index in [4.69, 9.17) is 15.3 Å². The molecule has 0 aromatic heterocycles. The molecule has 1 amide bonds.